The summed E-state index contributed by atoms with van der Waals surface area (Å²) >= 11 is 12.0. The molecule has 152 valence electrons. The van der Waals surface area contributed by atoms with Crippen LogP contribution in [0.5, 0.6) is 5.75 Å². The van der Waals surface area contributed by atoms with Crippen LogP contribution in [0.2, 0.25) is 10.0 Å². The van der Waals surface area contributed by atoms with Crippen molar-refractivity contribution in [2.24, 2.45) is 0 Å². The third-order valence-corrected chi connectivity index (χ3v) is 6.59. The molecule has 0 aliphatic heterocycles. The zero-order valence-corrected chi connectivity index (χ0v) is 18.3. The molecule has 0 heterocycles. The van der Waals surface area contributed by atoms with Crippen LogP contribution in [0.4, 0.5) is 0 Å². The van der Waals surface area contributed by atoms with Crippen LogP contribution < -0.4 is 4.74 Å². The number of hydrogen-bond donors (Lipinski definition) is 0. The highest BCUT2D eigenvalue weighted by atomic mass is 35.5. The molecular weight excluding hydrogens is 441 g/mol. The lowest BCUT2D eigenvalue weighted by Gasteiger charge is -2.08. The first-order valence-electron chi connectivity index (χ1n) is 8.90. The average molecular weight is 458 g/mol. The molecule has 3 rings (SSSR count). The van der Waals surface area contributed by atoms with Crippen molar-refractivity contribution in [1.82, 2.24) is 0 Å². The number of rotatable bonds is 6. The van der Waals surface area contributed by atoms with Gasteiger partial charge in [-0.15, -0.1) is 0 Å². The summed E-state index contributed by atoms with van der Waals surface area (Å²) in [6.45, 7) is 2.12. The van der Waals surface area contributed by atoms with Crippen LogP contribution >= 0.6 is 23.2 Å². The van der Waals surface area contributed by atoms with E-state index in [4.69, 9.17) is 27.9 Å². The number of allylic oxidation sites excluding steroid dienone is 1. The molecule has 0 aliphatic rings. The third kappa shape index (κ3) is 5.22. The van der Waals surface area contributed by atoms with Gasteiger partial charge in [0.15, 0.2) is 0 Å². The molecule has 7 heteroatoms. The molecule has 0 bridgehead atoms. The van der Waals surface area contributed by atoms with Gasteiger partial charge in [0, 0.05) is 15.6 Å². The first kappa shape index (κ1) is 21.9. The summed E-state index contributed by atoms with van der Waals surface area (Å²) in [5.41, 5.74) is 2.30. The van der Waals surface area contributed by atoms with Crippen LogP contribution in [0.25, 0.3) is 6.08 Å². The van der Waals surface area contributed by atoms with Crippen molar-refractivity contribution in [2.75, 3.05) is 0 Å². The highest BCUT2D eigenvalue weighted by Gasteiger charge is 2.20. The maximum atomic E-state index is 12.7. The van der Waals surface area contributed by atoms with Gasteiger partial charge < -0.3 is 4.74 Å². The quantitative estimate of drug-likeness (QED) is 0.412. The first-order valence-corrected chi connectivity index (χ1v) is 11.1. The second-order valence-corrected chi connectivity index (χ2v) is 9.29. The standard InChI is InChI=1S/C23H17Cl2NO3S/c1-16-2-10-21(11-3-16)30(27,28)22(14-26)12-17-4-8-20(9-5-17)29-15-18-6-7-19(24)13-23(18)25/h2-13H,15H2,1H3. The van der Waals surface area contributed by atoms with Gasteiger partial charge in [-0.2, -0.15) is 5.26 Å². The van der Waals surface area contributed by atoms with Crippen LogP contribution in [-0.4, -0.2) is 8.42 Å². The monoisotopic (exact) mass is 457 g/mol. The Labute approximate surface area is 185 Å². The van der Waals surface area contributed by atoms with Crippen molar-refractivity contribution in [3.8, 4) is 11.8 Å². The topological polar surface area (TPSA) is 67.2 Å². The number of halogens is 2. The fourth-order valence-corrected chi connectivity index (χ4v) is 4.25. The minimum Gasteiger partial charge on any atom is -0.489 e. The van der Waals surface area contributed by atoms with E-state index < -0.39 is 9.84 Å². The Morgan fingerprint density at radius 3 is 2.30 bits per heavy atom. The summed E-state index contributed by atoms with van der Waals surface area (Å²) in [7, 11) is -3.89. The Kier molecular flexibility index (Phi) is 6.84. The van der Waals surface area contributed by atoms with Gasteiger partial charge in [-0.25, -0.2) is 8.42 Å². The predicted molar refractivity (Wildman–Crippen MR) is 119 cm³/mol. The lowest BCUT2D eigenvalue weighted by molar-refractivity contribution is 0.306. The maximum Gasteiger partial charge on any atom is 0.216 e. The minimum atomic E-state index is -3.89. The van der Waals surface area contributed by atoms with Gasteiger partial charge in [0.1, 0.15) is 23.3 Å². The molecule has 0 aliphatic carbocycles. The largest absolute Gasteiger partial charge is 0.489 e. The number of hydrogen-bond acceptors (Lipinski definition) is 4. The molecule has 3 aromatic rings. The zero-order chi connectivity index (χ0) is 21.7. The van der Waals surface area contributed by atoms with Crippen LogP contribution in [0.3, 0.4) is 0 Å². The Morgan fingerprint density at radius 2 is 1.70 bits per heavy atom. The van der Waals surface area contributed by atoms with E-state index in [0.29, 0.717) is 21.4 Å². The van der Waals surface area contributed by atoms with E-state index in [2.05, 4.69) is 0 Å². The molecule has 0 saturated heterocycles. The molecule has 0 aromatic heterocycles. The summed E-state index contributed by atoms with van der Waals surface area (Å²) in [5.74, 6) is 0.582. The van der Waals surface area contributed by atoms with Gasteiger partial charge in [0.05, 0.1) is 4.90 Å². The van der Waals surface area contributed by atoms with Crippen LogP contribution in [0.15, 0.2) is 76.5 Å². The fourth-order valence-electron chi connectivity index (χ4n) is 2.63. The van der Waals surface area contributed by atoms with Crippen molar-refractivity contribution in [1.29, 1.82) is 5.26 Å². The second kappa shape index (κ2) is 9.36. The Morgan fingerprint density at radius 1 is 1.03 bits per heavy atom. The Balaban J connectivity index is 1.76. The number of nitrogens with zero attached hydrogens (tertiary/aromatic N) is 1. The molecule has 4 nitrogen and oxygen atoms in total. The minimum absolute atomic E-state index is 0.0840. The number of aryl methyl sites for hydroxylation is 1. The van der Waals surface area contributed by atoms with Crippen LogP contribution in [-0.2, 0) is 16.4 Å². The number of sulfone groups is 1. The summed E-state index contributed by atoms with van der Waals surface area (Å²) in [6.07, 6.45) is 1.34. The van der Waals surface area contributed by atoms with Crippen LogP contribution in [0, 0.1) is 18.3 Å². The molecule has 3 aromatic carbocycles. The summed E-state index contributed by atoms with van der Waals surface area (Å²) in [6, 6.07) is 20.1. The van der Waals surface area contributed by atoms with E-state index in [0.717, 1.165) is 11.1 Å². The van der Waals surface area contributed by atoms with Crippen molar-refractivity contribution in [3.63, 3.8) is 0 Å². The second-order valence-electron chi connectivity index (χ2n) is 6.53. The van der Waals surface area contributed by atoms with E-state index in [-0.39, 0.29) is 16.4 Å². The van der Waals surface area contributed by atoms with E-state index >= 15 is 0 Å². The first-order chi connectivity index (χ1) is 14.3. The van der Waals surface area contributed by atoms with E-state index in [9.17, 15) is 13.7 Å². The highest BCUT2D eigenvalue weighted by Crippen LogP contribution is 2.25. The molecule has 0 radical (unpaired) electrons. The Hall–Kier alpha value is -2.78. The average Bonchev–Trinajstić information content (AvgIpc) is 2.72. The predicted octanol–water partition coefficient (Wildman–Crippen LogP) is 6.22. The zero-order valence-electron chi connectivity index (χ0n) is 16.0. The Bertz CT molecular complexity index is 1230. The smallest absolute Gasteiger partial charge is 0.216 e. The summed E-state index contributed by atoms with van der Waals surface area (Å²) < 4.78 is 31.2. The lowest BCUT2D eigenvalue weighted by Crippen LogP contribution is -2.03. The van der Waals surface area contributed by atoms with Gasteiger partial charge >= 0.3 is 0 Å². The molecule has 0 N–H and O–H groups in total. The van der Waals surface area contributed by atoms with Gasteiger partial charge in [-0.05, 0) is 55.0 Å². The molecule has 0 spiro atoms. The fraction of sp³-hybridized carbons (Fsp3) is 0.0870. The van der Waals surface area contributed by atoms with Crippen molar-refractivity contribution < 1.29 is 13.2 Å². The van der Waals surface area contributed by atoms with Crippen molar-refractivity contribution in [3.05, 3.63) is 98.4 Å². The van der Waals surface area contributed by atoms with E-state index in [1.807, 2.05) is 6.92 Å². The van der Waals surface area contributed by atoms with E-state index in [1.165, 1.54) is 18.2 Å². The molecule has 0 atom stereocenters. The van der Waals surface area contributed by atoms with Crippen LogP contribution in [0.1, 0.15) is 16.7 Å². The van der Waals surface area contributed by atoms with Crippen molar-refractivity contribution in [2.45, 2.75) is 18.4 Å². The van der Waals surface area contributed by atoms with Gasteiger partial charge in [0.2, 0.25) is 9.84 Å². The van der Waals surface area contributed by atoms with Gasteiger partial charge in [0.25, 0.3) is 0 Å². The molecule has 0 saturated carbocycles. The van der Waals surface area contributed by atoms with E-state index in [1.54, 1.807) is 60.7 Å². The van der Waals surface area contributed by atoms with Crippen molar-refractivity contribution >= 4 is 39.1 Å². The molecule has 30 heavy (non-hydrogen) atoms. The number of nitriles is 1. The summed E-state index contributed by atoms with van der Waals surface area (Å²) in [4.78, 5) is -0.242. The van der Waals surface area contributed by atoms with Gasteiger partial charge in [-0.1, -0.05) is 59.1 Å². The number of ether oxygens (including phenoxy) is 1. The molecule has 0 amide bonds. The number of benzene rings is 3. The molecular formula is C23H17Cl2NO3S. The lowest BCUT2D eigenvalue weighted by atomic mass is 10.2. The maximum absolute atomic E-state index is 12.7. The summed E-state index contributed by atoms with van der Waals surface area (Å²) in [5, 5.41) is 10.5. The normalized spacial score (nSPS) is 11.7. The highest BCUT2D eigenvalue weighted by molar-refractivity contribution is 7.95. The SMILES string of the molecule is Cc1ccc(S(=O)(=O)C(C#N)=Cc2ccc(OCc3ccc(Cl)cc3Cl)cc2)cc1. The third-order valence-electron chi connectivity index (χ3n) is 4.32. The molecule has 0 fully saturated rings. The molecule has 0 unspecified atom stereocenters. The van der Waals surface area contributed by atoms with Gasteiger partial charge in [-0.3, -0.25) is 0 Å².